The zero-order valence-corrected chi connectivity index (χ0v) is 11.2. The van der Waals surface area contributed by atoms with E-state index in [2.05, 4.69) is 12.2 Å². The summed E-state index contributed by atoms with van der Waals surface area (Å²) in [5, 5.41) is 2.90. The van der Waals surface area contributed by atoms with E-state index >= 15 is 0 Å². The third-order valence-electron chi connectivity index (χ3n) is 3.11. The minimum atomic E-state index is -0.441. The minimum Gasteiger partial charge on any atom is -0.398 e. The first kappa shape index (κ1) is 14.5. The molecule has 0 saturated carbocycles. The van der Waals surface area contributed by atoms with Gasteiger partial charge in [-0.2, -0.15) is 0 Å². The van der Waals surface area contributed by atoms with E-state index in [0.29, 0.717) is 11.3 Å². The van der Waals surface area contributed by atoms with Crippen LogP contribution in [0.5, 0.6) is 0 Å². The van der Waals surface area contributed by atoms with Gasteiger partial charge in [0.15, 0.2) is 0 Å². The lowest BCUT2D eigenvalue weighted by Crippen LogP contribution is -2.34. The van der Waals surface area contributed by atoms with E-state index in [4.69, 9.17) is 5.73 Å². The van der Waals surface area contributed by atoms with E-state index in [1.165, 1.54) is 12.1 Å². The van der Waals surface area contributed by atoms with E-state index in [1.807, 2.05) is 6.92 Å². The van der Waals surface area contributed by atoms with Crippen molar-refractivity contribution in [1.29, 1.82) is 0 Å². The average Bonchev–Trinajstić information content (AvgIpc) is 2.34. The lowest BCUT2D eigenvalue weighted by Gasteiger charge is -2.16. The summed E-state index contributed by atoms with van der Waals surface area (Å²) in [6.07, 6.45) is 2.79. The molecule has 0 fully saturated rings. The molecule has 1 aromatic rings. The first-order chi connectivity index (χ1) is 8.49. The standard InChI is InChI=1S/C14H21FN2O/c1-4-6-11(5-2)17-14(18)10-7-12(15)9(3)13(16)8-10/h7-8,11H,4-6,16H2,1-3H3,(H,17,18). The Morgan fingerprint density at radius 3 is 2.61 bits per heavy atom. The summed E-state index contributed by atoms with van der Waals surface area (Å²) in [6, 6.07) is 2.89. The van der Waals surface area contributed by atoms with Crippen molar-refractivity contribution < 1.29 is 9.18 Å². The largest absolute Gasteiger partial charge is 0.398 e. The fourth-order valence-corrected chi connectivity index (χ4v) is 1.83. The summed E-state index contributed by atoms with van der Waals surface area (Å²) < 4.78 is 13.5. The number of rotatable bonds is 5. The minimum absolute atomic E-state index is 0.132. The number of benzene rings is 1. The molecule has 1 unspecified atom stereocenters. The lowest BCUT2D eigenvalue weighted by molar-refractivity contribution is 0.0933. The summed E-state index contributed by atoms with van der Waals surface area (Å²) in [4.78, 5) is 12.0. The lowest BCUT2D eigenvalue weighted by atomic mass is 10.1. The highest BCUT2D eigenvalue weighted by Crippen LogP contribution is 2.17. The Morgan fingerprint density at radius 1 is 1.44 bits per heavy atom. The Labute approximate surface area is 108 Å². The molecule has 0 aliphatic carbocycles. The molecule has 0 aliphatic heterocycles. The average molecular weight is 252 g/mol. The molecule has 4 heteroatoms. The third-order valence-corrected chi connectivity index (χ3v) is 3.11. The van der Waals surface area contributed by atoms with Gasteiger partial charge < -0.3 is 11.1 Å². The van der Waals surface area contributed by atoms with Crippen LogP contribution in [-0.4, -0.2) is 11.9 Å². The molecule has 1 atom stereocenters. The fraction of sp³-hybridized carbons (Fsp3) is 0.500. The molecule has 1 aromatic carbocycles. The highest BCUT2D eigenvalue weighted by molar-refractivity contribution is 5.95. The van der Waals surface area contributed by atoms with Gasteiger partial charge in [-0.1, -0.05) is 20.3 Å². The van der Waals surface area contributed by atoms with E-state index in [9.17, 15) is 9.18 Å². The molecule has 1 rings (SSSR count). The van der Waals surface area contributed by atoms with Crippen molar-refractivity contribution >= 4 is 11.6 Å². The molecule has 1 amide bonds. The molecule has 0 aliphatic rings. The molecular weight excluding hydrogens is 231 g/mol. The number of hydrogen-bond donors (Lipinski definition) is 2. The number of hydrogen-bond acceptors (Lipinski definition) is 2. The van der Waals surface area contributed by atoms with Gasteiger partial charge in [0.25, 0.3) is 5.91 Å². The van der Waals surface area contributed by atoms with Gasteiger partial charge in [-0.05, 0) is 31.9 Å². The Morgan fingerprint density at radius 2 is 2.11 bits per heavy atom. The molecule has 0 saturated heterocycles. The van der Waals surface area contributed by atoms with Gasteiger partial charge in [0.1, 0.15) is 5.82 Å². The molecule has 18 heavy (non-hydrogen) atoms. The van der Waals surface area contributed by atoms with Crippen LogP contribution in [0.15, 0.2) is 12.1 Å². The van der Waals surface area contributed by atoms with Gasteiger partial charge in [-0.3, -0.25) is 4.79 Å². The van der Waals surface area contributed by atoms with Gasteiger partial charge in [0.2, 0.25) is 0 Å². The van der Waals surface area contributed by atoms with Crippen LogP contribution in [0.25, 0.3) is 0 Å². The zero-order chi connectivity index (χ0) is 13.7. The number of halogens is 1. The van der Waals surface area contributed by atoms with Gasteiger partial charge >= 0.3 is 0 Å². The van der Waals surface area contributed by atoms with Crippen LogP contribution in [0.2, 0.25) is 0 Å². The van der Waals surface area contributed by atoms with Crippen LogP contribution in [0.4, 0.5) is 10.1 Å². The van der Waals surface area contributed by atoms with Gasteiger partial charge in [-0.25, -0.2) is 4.39 Å². The third kappa shape index (κ3) is 3.45. The first-order valence-electron chi connectivity index (χ1n) is 6.36. The van der Waals surface area contributed by atoms with Crippen molar-refractivity contribution in [2.24, 2.45) is 0 Å². The molecular formula is C14H21FN2O. The summed E-state index contributed by atoms with van der Waals surface area (Å²) in [7, 11) is 0. The summed E-state index contributed by atoms with van der Waals surface area (Å²) >= 11 is 0. The summed E-state index contributed by atoms with van der Waals surface area (Å²) in [6.45, 7) is 5.68. The molecule has 3 nitrogen and oxygen atoms in total. The second-order valence-corrected chi connectivity index (χ2v) is 4.54. The smallest absolute Gasteiger partial charge is 0.251 e. The maximum Gasteiger partial charge on any atom is 0.251 e. The van der Waals surface area contributed by atoms with Crippen LogP contribution < -0.4 is 11.1 Å². The van der Waals surface area contributed by atoms with Crippen molar-refractivity contribution in [2.45, 2.75) is 46.1 Å². The molecule has 100 valence electrons. The molecule has 0 aromatic heterocycles. The second-order valence-electron chi connectivity index (χ2n) is 4.54. The predicted octanol–water partition coefficient (Wildman–Crippen LogP) is 3.02. The second kappa shape index (κ2) is 6.38. The Kier molecular flexibility index (Phi) is 5.13. The predicted molar refractivity (Wildman–Crippen MR) is 72.0 cm³/mol. The van der Waals surface area contributed by atoms with E-state index in [-0.39, 0.29) is 17.5 Å². The number of nitrogens with two attached hydrogens (primary N) is 1. The van der Waals surface area contributed by atoms with Crippen LogP contribution in [0.1, 0.15) is 49.0 Å². The van der Waals surface area contributed by atoms with E-state index < -0.39 is 5.82 Å². The summed E-state index contributed by atoms with van der Waals surface area (Å²) in [5.41, 5.74) is 6.63. The fourth-order valence-electron chi connectivity index (χ4n) is 1.83. The maximum absolute atomic E-state index is 13.5. The Balaban J connectivity index is 2.84. The summed E-state index contributed by atoms with van der Waals surface area (Å²) in [5.74, 6) is -0.704. The van der Waals surface area contributed by atoms with Gasteiger partial charge in [-0.15, -0.1) is 0 Å². The van der Waals surface area contributed by atoms with E-state index in [1.54, 1.807) is 6.92 Å². The van der Waals surface area contributed by atoms with Gasteiger partial charge in [0.05, 0.1) is 0 Å². The van der Waals surface area contributed by atoms with Crippen LogP contribution >= 0.6 is 0 Å². The normalized spacial score (nSPS) is 12.2. The number of carbonyl (C=O) groups is 1. The maximum atomic E-state index is 13.5. The molecule has 3 N–H and O–H groups in total. The van der Waals surface area contributed by atoms with Crippen molar-refractivity contribution in [1.82, 2.24) is 5.32 Å². The quantitative estimate of drug-likeness (QED) is 0.791. The van der Waals surface area contributed by atoms with Crippen molar-refractivity contribution in [3.63, 3.8) is 0 Å². The van der Waals surface area contributed by atoms with E-state index in [0.717, 1.165) is 19.3 Å². The molecule has 0 spiro atoms. The number of anilines is 1. The Bertz CT molecular complexity index is 409. The Hall–Kier alpha value is -1.58. The van der Waals surface area contributed by atoms with Crippen molar-refractivity contribution in [2.75, 3.05) is 5.73 Å². The first-order valence-corrected chi connectivity index (χ1v) is 6.36. The number of nitrogen functional groups attached to an aromatic ring is 1. The number of nitrogens with one attached hydrogen (secondary N) is 1. The van der Waals surface area contributed by atoms with Crippen molar-refractivity contribution in [3.05, 3.63) is 29.1 Å². The molecule has 0 bridgehead atoms. The van der Waals surface area contributed by atoms with Crippen LogP contribution in [0.3, 0.4) is 0 Å². The van der Waals surface area contributed by atoms with Gasteiger partial charge in [0, 0.05) is 22.9 Å². The zero-order valence-electron chi connectivity index (χ0n) is 11.2. The highest BCUT2D eigenvalue weighted by Gasteiger charge is 2.14. The molecule has 0 heterocycles. The van der Waals surface area contributed by atoms with Crippen LogP contribution in [-0.2, 0) is 0 Å². The molecule has 0 radical (unpaired) electrons. The SMILES string of the molecule is CCCC(CC)NC(=O)c1cc(N)c(C)c(F)c1. The van der Waals surface area contributed by atoms with Crippen LogP contribution in [0, 0.1) is 12.7 Å². The number of amides is 1. The monoisotopic (exact) mass is 252 g/mol. The highest BCUT2D eigenvalue weighted by atomic mass is 19.1. The van der Waals surface area contributed by atoms with Crippen molar-refractivity contribution in [3.8, 4) is 0 Å². The number of carbonyl (C=O) groups excluding carboxylic acids is 1. The topological polar surface area (TPSA) is 55.1 Å².